The fraction of sp³-hybridized carbons (Fsp3) is 0.467. The normalized spacial score (nSPS) is 16.6. The Labute approximate surface area is 116 Å². The lowest BCUT2D eigenvalue weighted by atomic mass is 9.89. The highest BCUT2D eigenvalue weighted by atomic mass is 16.5. The minimum absolute atomic E-state index is 0.350. The van der Waals surface area contributed by atoms with E-state index in [2.05, 4.69) is 0 Å². The number of fused-ring (bicyclic) bond motifs is 1. The second-order valence-electron chi connectivity index (χ2n) is 5.47. The molecule has 0 aliphatic heterocycles. The molecule has 0 unspecified atom stereocenters. The number of nitrogens with two attached hydrogens (primary N) is 1. The van der Waals surface area contributed by atoms with E-state index < -0.39 is 0 Å². The molecular formula is C15H19N2O3+. The van der Waals surface area contributed by atoms with E-state index >= 15 is 0 Å². The van der Waals surface area contributed by atoms with Gasteiger partial charge in [0.2, 0.25) is 0 Å². The Morgan fingerprint density at radius 3 is 2.75 bits per heavy atom. The number of amides is 1. The van der Waals surface area contributed by atoms with Crippen LogP contribution < -0.4 is 10.9 Å². The Kier molecular flexibility index (Phi) is 3.69. The second-order valence-corrected chi connectivity index (χ2v) is 5.47. The number of hydrogen-bond donors (Lipinski definition) is 1. The Morgan fingerprint density at radius 1 is 1.25 bits per heavy atom. The van der Waals surface area contributed by atoms with Crippen molar-refractivity contribution in [1.29, 1.82) is 0 Å². The van der Waals surface area contributed by atoms with E-state index in [9.17, 15) is 9.59 Å². The number of nitrogens with zero attached hydrogens (tertiary/aromatic N) is 1. The Hall–Kier alpha value is -1.88. The van der Waals surface area contributed by atoms with Crippen LogP contribution in [-0.2, 0) is 0 Å². The van der Waals surface area contributed by atoms with E-state index in [1.165, 1.54) is 32.1 Å². The minimum atomic E-state index is -0.370. The average molecular weight is 275 g/mol. The number of primary amides is 1. The van der Waals surface area contributed by atoms with Gasteiger partial charge in [0.15, 0.2) is 5.58 Å². The summed E-state index contributed by atoms with van der Waals surface area (Å²) in [5.41, 5.74) is 0.0856. The van der Waals surface area contributed by atoms with Crippen LogP contribution in [0.15, 0.2) is 33.6 Å². The second kappa shape index (κ2) is 5.63. The van der Waals surface area contributed by atoms with Crippen LogP contribution in [0.5, 0.6) is 0 Å². The summed E-state index contributed by atoms with van der Waals surface area (Å²) in [6.45, 7) is 0.738. The number of carbonyl (C=O) groups is 1. The number of quaternary nitrogens is 1. The zero-order chi connectivity index (χ0) is 13.9. The largest absolute Gasteiger partial charge is 0.456 e. The lowest BCUT2D eigenvalue weighted by Crippen LogP contribution is -2.90. The number of aromatic nitrogens is 1. The predicted octanol–water partition coefficient (Wildman–Crippen LogP) is 1.71. The van der Waals surface area contributed by atoms with E-state index in [-0.39, 0.29) is 11.6 Å². The predicted molar refractivity (Wildman–Crippen MR) is 74.6 cm³/mol. The number of hydrogen-bond acceptors (Lipinski definition) is 3. The van der Waals surface area contributed by atoms with Crippen molar-refractivity contribution in [2.24, 2.45) is 5.92 Å². The number of rotatable bonds is 2. The summed E-state index contributed by atoms with van der Waals surface area (Å²) in [5, 5.41) is 2.05. The molecule has 5 heteroatoms. The summed E-state index contributed by atoms with van der Waals surface area (Å²) >= 11 is 0. The van der Waals surface area contributed by atoms with Crippen molar-refractivity contribution >= 4 is 17.0 Å². The molecule has 20 heavy (non-hydrogen) atoms. The van der Waals surface area contributed by atoms with Gasteiger partial charge in [0.25, 0.3) is 0 Å². The van der Waals surface area contributed by atoms with Crippen molar-refractivity contribution in [1.82, 2.24) is 4.74 Å². The lowest BCUT2D eigenvalue weighted by Gasteiger charge is -2.18. The summed E-state index contributed by atoms with van der Waals surface area (Å²) in [5.74, 6) is 0.577. The summed E-state index contributed by atoms with van der Waals surface area (Å²) in [7, 11) is 0. The van der Waals surface area contributed by atoms with Crippen LogP contribution in [0.1, 0.15) is 32.1 Å². The summed E-state index contributed by atoms with van der Waals surface area (Å²) < 4.78 is 6.19. The third-order valence-electron chi connectivity index (χ3n) is 4.04. The molecule has 1 aliphatic rings. The van der Waals surface area contributed by atoms with Gasteiger partial charge in [-0.05, 0) is 29.7 Å². The van der Waals surface area contributed by atoms with Crippen molar-refractivity contribution in [2.75, 3.05) is 6.54 Å². The van der Waals surface area contributed by atoms with E-state index in [0.717, 1.165) is 11.3 Å². The molecule has 1 heterocycles. The average Bonchev–Trinajstić information content (AvgIpc) is 2.84. The van der Waals surface area contributed by atoms with Gasteiger partial charge in [-0.3, -0.25) is 10.1 Å². The molecule has 0 spiro atoms. The van der Waals surface area contributed by atoms with Crippen LogP contribution in [0.25, 0.3) is 11.0 Å². The molecule has 1 saturated carbocycles. The quantitative estimate of drug-likeness (QED) is 0.907. The monoisotopic (exact) mass is 275 g/mol. The highest BCUT2D eigenvalue weighted by Gasteiger charge is 2.21. The summed E-state index contributed by atoms with van der Waals surface area (Å²) in [6.07, 6.45) is 6.15. The third-order valence-corrected chi connectivity index (χ3v) is 4.04. The fourth-order valence-electron chi connectivity index (χ4n) is 2.89. The molecule has 2 aromatic rings. The highest BCUT2D eigenvalue weighted by molar-refractivity contribution is 5.79. The maximum Gasteiger partial charge on any atom is 0.456 e. The molecule has 1 fully saturated rings. The van der Waals surface area contributed by atoms with Gasteiger partial charge in [-0.25, -0.2) is 4.79 Å². The van der Waals surface area contributed by atoms with Gasteiger partial charge < -0.3 is 4.52 Å². The Balaban J connectivity index is 1.72. The topological polar surface area (TPSA) is 68.8 Å². The van der Waals surface area contributed by atoms with Crippen molar-refractivity contribution in [2.45, 2.75) is 32.1 Å². The van der Waals surface area contributed by atoms with Crippen molar-refractivity contribution in [3.05, 3.63) is 34.6 Å². The smallest absolute Gasteiger partial charge is 0.363 e. The first-order valence-electron chi connectivity index (χ1n) is 7.24. The number of benzene rings is 1. The van der Waals surface area contributed by atoms with Gasteiger partial charge in [0.05, 0.1) is 11.9 Å². The van der Waals surface area contributed by atoms with Crippen LogP contribution in [-0.4, -0.2) is 17.3 Å². The van der Waals surface area contributed by atoms with Crippen LogP contribution in [0, 0.1) is 5.92 Å². The van der Waals surface area contributed by atoms with Gasteiger partial charge in [0, 0.05) is 5.92 Å². The van der Waals surface area contributed by atoms with E-state index in [4.69, 9.17) is 4.52 Å². The summed E-state index contributed by atoms with van der Waals surface area (Å²) in [6, 6.07) is 6.57. The molecule has 0 atom stereocenters. The van der Waals surface area contributed by atoms with Gasteiger partial charge in [-0.2, -0.15) is 0 Å². The van der Waals surface area contributed by atoms with Gasteiger partial charge >= 0.3 is 11.6 Å². The van der Waals surface area contributed by atoms with Crippen molar-refractivity contribution in [3.8, 4) is 0 Å². The first-order chi connectivity index (χ1) is 9.75. The van der Waals surface area contributed by atoms with Crippen LogP contribution in [0.4, 0.5) is 4.79 Å². The van der Waals surface area contributed by atoms with Crippen molar-refractivity contribution < 1.29 is 14.6 Å². The SMILES string of the molecule is O=C([NH2+]CC1CCCCC1)n1oc2ccccc2c1=O. The van der Waals surface area contributed by atoms with Crippen LogP contribution >= 0.6 is 0 Å². The first-order valence-corrected chi connectivity index (χ1v) is 7.24. The molecule has 1 aliphatic carbocycles. The molecule has 1 aromatic carbocycles. The maximum absolute atomic E-state index is 12.1. The molecule has 0 radical (unpaired) electrons. The Bertz CT molecular complexity index is 665. The molecule has 2 N–H and O–H groups in total. The molecule has 0 bridgehead atoms. The van der Waals surface area contributed by atoms with E-state index in [0.29, 0.717) is 16.9 Å². The number of carbonyl (C=O) groups excluding carboxylic acids is 1. The Morgan fingerprint density at radius 2 is 2.00 bits per heavy atom. The number of para-hydroxylation sites is 1. The molecule has 1 amide bonds. The standard InChI is InChI=1S/C15H18N2O3/c18-14-12-8-4-5-9-13(12)20-17(14)15(19)16-10-11-6-2-1-3-7-11/h4-5,8-9,11H,1-3,6-7,10H2,(H,16,19)/p+1. The van der Waals surface area contributed by atoms with E-state index in [1.54, 1.807) is 29.6 Å². The molecular weight excluding hydrogens is 256 g/mol. The molecule has 3 rings (SSSR count). The van der Waals surface area contributed by atoms with Crippen LogP contribution in [0.2, 0.25) is 0 Å². The first kappa shape index (κ1) is 13.1. The fourth-order valence-corrected chi connectivity index (χ4v) is 2.89. The lowest BCUT2D eigenvalue weighted by molar-refractivity contribution is -0.566. The zero-order valence-electron chi connectivity index (χ0n) is 11.4. The molecule has 0 saturated heterocycles. The van der Waals surface area contributed by atoms with E-state index in [1.807, 2.05) is 0 Å². The maximum atomic E-state index is 12.1. The molecule has 106 valence electrons. The molecule has 5 nitrogen and oxygen atoms in total. The van der Waals surface area contributed by atoms with Crippen molar-refractivity contribution in [3.63, 3.8) is 0 Å². The van der Waals surface area contributed by atoms with Gasteiger partial charge in [-0.15, -0.1) is 0 Å². The van der Waals surface area contributed by atoms with Gasteiger partial charge in [0.1, 0.15) is 0 Å². The van der Waals surface area contributed by atoms with Gasteiger partial charge in [-0.1, -0.05) is 31.4 Å². The third kappa shape index (κ3) is 2.54. The highest BCUT2D eigenvalue weighted by Crippen LogP contribution is 2.21. The van der Waals surface area contributed by atoms with Crippen LogP contribution in [0.3, 0.4) is 0 Å². The zero-order valence-corrected chi connectivity index (χ0v) is 11.4. The summed E-state index contributed by atoms with van der Waals surface area (Å²) in [4.78, 5) is 24.1. The minimum Gasteiger partial charge on any atom is -0.363 e. The molecule has 1 aromatic heterocycles.